The van der Waals surface area contributed by atoms with Crippen molar-refractivity contribution in [3.63, 3.8) is 0 Å². The molecular weight excluding hydrogens is 310 g/mol. The first-order valence-electron chi connectivity index (χ1n) is 8.02. The lowest BCUT2D eigenvalue weighted by atomic mass is 10.2. The predicted octanol–water partition coefficient (Wildman–Crippen LogP) is 1.36. The first-order valence-corrected chi connectivity index (χ1v) is 8.02. The van der Waals surface area contributed by atoms with Crippen molar-refractivity contribution >= 4 is 11.8 Å². The molecule has 2 aromatic rings. The molecule has 2 amide bonds. The number of hydrogen-bond acceptors (Lipinski definition) is 5. The Balaban J connectivity index is 1.60. The molecular formula is C16H21N5O3. The van der Waals surface area contributed by atoms with E-state index in [1.54, 1.807) is 33.5 Å². The Morgan fingerprint density at radius 1 is 1.12 bits per heavy atom. The molecule has 3 heterocycles. The van der Waals surface area contributed by atoms with E-state index in [4.69, 9.17) is 4.52 Å². The van der Waals surface area contributed by atoms with Crippen LogP contribution in [-0.2, 0) is 0 Å². The van der Waals surface area contributed by atoms with Gasteiger partial charge in [-0.05, 0) is 26.8 Å². The summed E-state index contributed by atoms with van der Waals surface area (Å²) in [5.41, 5.74) is 1.11. The number of aromatic nitrogens is 3. The van der Waals surface area contributed by atoms with Gasteiger partial charge in [0.2, 0.25) is 5.76 Å². The van der Waals surface area contributed by atoms with E-state index in [0.29, 0.717) is 37.6 Å². The maximum atomic E-state index is 12.5. The van der Waals surface area contributed by atoms with Gasteiger partial charge in [-0.15, -0.1) is 0 Å². The first kappa shape index (κ1) is 16.2. The number of carbonyl (C=O) groups excluding carboxylic acids is 2. The molecule has 1 aliphatic rings. The summed E-state index contributed by atoms with van der Waals surface area (Å²) in [6, 6.07) is 3.57. The third-order valence-electron chi connectivity index (χ3n) is 4.05. The van der Waals surface area contributed by atoms with E-state index in [-0.39, 0.29) is 23.6 Å². The van der Waals surface area contributed by atoms with Crippen LogP contribution >= 0.6 is 0 Å². The van der Waals surface area contributed by atoms with Gasteiger partial charge in [0, 0.05) is 44.5 Å². The zero-order valence-electron chi connectivity index (χ0n) is 14.1. The Kier molecular flexibility index (Phi) is 4.37. The third-order valence-corrected chi connectivity index (χ3v) is 4.05. The van der Waals surface area contributed by atoms with Crippen molar-refractivity contribution in [2.45, 2.75) is 26.8 Å². The van der Waals surface area contributed by atoms with Crippen molar-refractivity contribution in [3.05, 3.63) is 35.5 Å². The molecule has 24 heavy (non-hydrogen) atoms. The van der Waals surface area contributed by atoms with Crippen molar-refractivity contribution < 1.29 is 14.1 Å². The van der Waals surface area contributed by atoms with Gasteiger partial charge in [-0.3, -0.25) is 14.3 Å². The highest BCUT2D eigenvalue weighted by molar-refractivity contribution is 5.93. The molecule has 2 aromatic heterocycles. The van der Waals surface area contributed by atoms with Crippen LogP contribution < -0.4 is 0 Å². The second kappa shape index (κ2) is 6.46. The standard InChI is InChI=1S/C16H21N5O3/c1-11(2)21-5-4-13(17-21)15(22)19-6-8-20(9-7-19)16(23)14-10-12(3)18-24-14/h4-5,10-11H,6-9H2,1-3H3. The van der Waals surface area contributed by atoms with E-state index in [1.807, 2.05) is 20.0 Å². The zero-order chi connectivity index (χ0) is 17.3. The Morgan fingerprint density at radius 2 is 1.75 bits per heavy atom. The van der Waals surface area contributed by atoms with Gasteiger partial charge in [-0.25, -0.2) is 0 Å². The average Bonchev–Trinajstić information content (AvgIpc) is 3.23. The van der Waals surface area contributed by atoms with Gasteiger partial charge in [0.1, 0.15) is 5.69 Å². The van der Waals surface area contributed by atoms with Crippen LogP contribution in [0.1, 0.15) is 46.6 Å². The molecule has 128 valence electrons. The molecule has 0 atom stereocenters. The van der Waals surface area contributed by atoms with Crippen molar-refractivity contribution in [2.75, 3.05) is 26.2 Å². The van der Waals surface area contributed by atoms with Gasteiger partial charge in [0.25, 0.3) is 11.8 Å². The van der Waals surface area contributed by atoms with E-state index >= 15 is 0 Å². The van der Waals surface area contributed by atoms with Crippen molar-refractivity contribution in [1.29, 1.82) is 0 Å². The van der Waals surface area contributed by atoms with Crippen LogP contribution in [0.15, 0.2) is 22.9 Å². The number of rotatable bonds is 3. The number of carbonyl (C=O) groups is 2. The summed E-state index contributed by atoms with van der Waals surface area (Å²) in [6.07, 6.45) is 1.81. The molecule has 1 aliphatic heterocycles. The van der Waals surface area contributed by atoms with Crippen LogP contribution in [0.25, 0.3) is 0 Å². The zero-order valence-corrected chi connectivity index (χ0v) is 14.1. The monoisotopic (exact) mass is 331 g/mol. The fraction of sp³-hybridized carbons (Fsp3) is 0.500. The van der Waals surface area contributed by atoms with Gasteiger partial charge in [0.05, 0.1) is 5.69 Å². The summed E-state index contributed by atoms with van der Waals surface area (Å²) in [7, 11) is 0. The number of hydrogen-bond donors (Lipinski definition) is 0. The number of amides is 2. The SMILES string of the molecule is Cc1cc(C(=O)N2CCN(C(=O)c3ccn(C(C)C)n3)CC2)on1. The fourth-order valence-corrected chi connectivity index (χ4v) is 2.63. The van der Waals surface area contributed by atoms with Crippen molar-refractivity contribution in [3.8, 4) is 0 Å². The minimum atomic E-state index is -0.188. The maximum absolute atomic E-state index is 12.5. The van der Waals surface area contributed by atoms with Crippen LogP contribution in [-0.4, -0.2) is 62.7 Å². The van der Waals surface area contributed by atoms with E-state index in [9.17, 15) is 9.59 Å². The van der Waals surface area contributed by atoms with Crippen molar-refractivity contribution in [2.24, 2.45) is 0 Å². The molecule has 3 rings (SSSR count). The van der Waals surface area contributed by atoms with Crippen LogP contribution in [0.3, 0.4) is 0 Å². The average molecular weight is 331 g/mol. The number of nitrogens with zero attached hydrogens (tertiary/aromatic N) is 5. The summed E-state index contributed by atoms with van der Waals surface area (Å²) in [5.74, 6) is -0.0493. The second-order valence-corrected chi connectivity index (χ2v) is 6.19. The lowest BCUT2D eigenvalue weighted by molar-refractivity contribution is 0.0509. The minimum Gasteiger partial charge on any atom is -0.351 e. The second-order valence-electron chi connectivity index (χ2n) is 6.19. The number of aryl methyl sites for hydroxylation is 1. The van der Waals surface area contributed by atoms with Gasteiger partial charge >= 0.3 is 0 Å². The highest BCUT2D eigenvalue weighted by atomic mass is 16.5. The van der Waals surface area contributed by atoms with E-state index in [0.717, 1.165) is 0 Å². The fourth-order valence-electron chi connectivity index (χ4n) is 2.63. The summed E-state index contributed by atoms with van der Waals surface area (Å²) in [4.78, 5) is 28.2. The molecule has 8 heteroatoms. The molecule has 0 saturated carbocycles. The highest BCUT2D eigenvalue weighted by Gasteiger charge is 2.28. The van der Waals surface area contributed by atoms with Crippen LogP contribution in [0, 0.1) is 6.92 Å². The summed E-state index contributed by atoms with van der Waals surface area (Å²) in [5, 5.41) is 8.05. The molecule has 8 nitrogen and oxygen atoms in total. The van der Waals surface area contributed by atoms with Crippen LogP contribution in [0.2, 0.25) is 0 Å². The molecule has 0 aromatic carbocycles. The van der Waals surface area contributed by atoms with E-state index < -0.39 is 0 Å². The Hall–Kier alpha value is -2.64. The third kappa shape index (κ3) is 3.17. The van der Waals surface area contributed by atoms with Crippen LogP contribution in [0.4, 0.5) is 0 Å². The minimum absolute atomic E-state index is 0.1000. The maximum Gasteiger partial charge on any atom is 0.292 e. The molecule has 0 N–H and O–H groups in total. The summed E-state index contributed by atoms with van der Waals surface area (Å²) < 4.78 is 6.78. The van der Waals surface area contributed by atoms with E-state index in [1.165, 1.54) is 0 Å². The first-order chi connectivity index (χ1) is 11.5. The molecule has 1 saturated heterocycles. The number of piperazine rings is 1. The Labute approximate surface area is 140 Å². The Morgan fingerprint density at radius 3 is 2.25 bits per heavy atom. The largest absolute Gasteiger partial charge is 0.351 e. The molecule has 0 radical (unpaired) electrons. The normalized spacial score (nSPS) is 15.2. The molecule has 0 unspecified atom stereocenters. The quantitative estimate of drug-likeness (QED) is 0.848. The van der Waals surface area contributed by atoms with Gasteiger partial charge in [-0.2, -0.15) is 5.10 Å². The smallest absolute Gasteiger partial charge is 0.292 e. The topological polar surface area (TPSA) is 84.5 Å². The van der Waals surface area contributed by atoms with Crippen LogP contribution in [0.5, 0.6) is 0 Å². The van der Waals surface area contributed by atoms with Gasteiger partial charge in [-0.1, -0.05) is 5.16 Å². The predicted molar refractivity (Wildman–Crippen MR) is 85.7 cm³/mol. The Bertz CT molecular complexity index is 740. The van der Waals surface area contributed by atoms with Gasteiger partial charge < -0.3 is 14.3 Å². The molecule has 1 fully saturated rings. The van der Waals surface area contributed by atoms with Gasteiger partial charge in [0.15, 0.2) is 0 Å². The lowest BCUT2D eigenvalue weighted by Crippen LogP contribution is -2.50. The molecule has 0 spiro atoms. The van der Waals surface area contributed by atoms with Crippen molar-refractivity contribution in [1.82, 2.24) is 24.7 Å². The van der Waals surface area contributed by atoms with E-state index in [2.05, 4.69) is 10.3 Å². The highest BCUT2D eigenvalue weighted by Crippen LogP contribution is 2.13. The lowest BCUT2D eigenvalue weighted by Gasteiger charge is -2.33. The summed E-state index contributed by atoms with van der Waals surface area (Å²) >= 11 is 0. The summed E-state index contributed by atoms with van der Waals surface area (Å²) in [6.45, 7) is 7.68. The molecule has 0 bridgehead atoms. The molecule has 0 aliphatic carbocycles.